The first-order valence-electron chi connectivity index (χ1n) is 6.85. The molecule has 1 saturated heterocycles. The number of hydrogen-bond donors (Lipinski definition) is 2. The lowest BCUT2D eigenvalue weighted by molar-refractivity contribution is -0.121. The second kappa shape index (κ2) is 5.45. The molecule has 2 heterocycles. The highest BCUT2D eigenvalue weighted by molar-refractivity contribution is 5.80. The standard InChI is InChI=1S/C15H19N3O/c19-11-18-8-7-16-10-14(18)6-5-13-9-12-3-1-2-4-15(12)17-13/h1-4,9,11,14,16-17H,5-8,10H2. The zero-order valence-electron chi connectivity index (χ0n) is 10.9. The lowest BCUT2D eigenvalue weighted by Crippen LogP contribution is -2.50. The molecule has 2 aromatic rings. The van der Waals surface area contributed by atoms with Crippen LogP contribution in [0.5, 0.6) is 0 Å². The molecule has 0 bridgehead atoms. The van der Waals surface area contributed by atoms with E-state index in [0.29, 0.717) is 6.04 Å². The van der Waals surface area contributed by atoms with E-state index < -0.39 is 0 Å². The molecule has 1 unspecified atom stereocenters. The number of carbonyl (C=O) groups is 1. The number of fused-ring (bicyclic) bond motifs is 1. The van der Waals surface area contributed by atoms with Gasteiger partial charge in [0.25, 0.3) is 0 Å². The van der Waals surface area contributed by atoms with Crippen LogP contribution in [-0.4, -0.2) is 42.0 Å². The maximum absolute atomic E-state index is 11.0. The SMILES string of the molecule is O=CN1CCNCC1CCc1cc2ccccc2[nH]1. The monoisotopic (exact) mass is 257 g/mol. The first-order chi connectivity index (χ1) is 9.36. The molecule has 1 atom stereocenters. The number of benzene rings is 1. The molecule has 1 aliphatic rings. The van der Waals surface area contributed by atoms with Gasteiger partial charge in [-0.3, -0.25) is 4.79 Å². The third-order valence-electron chi connectivity index (χ3n) is 3.86. The van der Waals surface area contributed by atoms with Gasteiger partial charge in [-0.1, -0.05) is 18.2 Å². The van der Waals surface area contributed by atoms with Gasteiger partial charge in [0.2, 0.25) is 6.41 Å². The Morgan fingerprint density at radius 2 is 2.26 bits per heavy atom. The van der Waals surface area contributed by atoms with E-state index >= 15 is 0 Å². The molecule has 0 radical (unpaired) electrons. The van der Waals surface area contributed by atoms with E-state index in [9.17, 15) is 4.79 Å². The summed E-state index contributed by atoms with van der Waals surface area (Å²) in [5, 5.41) is 4.61. The summed E-state index contributed by atoms with van der Waals surface area (Å²) in [5.41, 5.74) is 2.43. The van der Waals surface area contributed by atoms with Gasteiger partial charge in [0.15, 0.2) is 0 Å². The molecular weight excluding hydrogens is 238 g/mol. The predicted octanol–water partition coefficient (Wildman–Crippen LogP) is 1.53. The van der Waals surface area contributed by atoms with Gasteiger partial charge in [-0.05, 0) is 30.4 Å². The summed E-state index contributed by atoms with van der Waals surface area (Å²) in [6, 6.07) is 10.8. The summed E-state index contributed by atoms with van der Waals surface area (Å²) in [4.78, 5) is 16.4. The molecule has 2 N–H and O–H groups in total. The van der Waals surface area contributed by atoms with Crippen LogP contribution < -0.4 is 5.32 Å². The fraction of sp³-hybridized carbons (Fsp3) is 0.400. The maximum Gasteiger partial charge on any atom is 0.210 e. The minimum Gasteiger partial charge on any atom is -0.358 e. The van der Waals surface area contributed by atoms with Gasteiger partial charge in [-0.15, -0.1) is 0 Å². The Morgan fingerprint density at radius 1 is 1.37 bits per heavy atom. The van der Waals surface area contributed by atoms with Crippen LogP contribution in [0.25, 0.3) is 10.9 Å². The Labute approximate surface area is 112 Å². The summed E-state index contributed by atoms with van der Waals surface area (Å²) in [7, 11) is 0. The molecule has 4 nitrogen and oxygen atoms in total. The van der Waals surface area contributed by atoms with Gasteiger partial charge in [-0.2, -0.15) is 0 Å². The zero-order valence-corrected chi connectivity index (χ0v) is 10.9. The summed E-state index contributed by atoms with van der Waals surface area (Å²) in [6.07, 6.45) is 2.96. The summed E-state index contributed by atoms with van der Waals surface area (Å²) in [5.74, 6) is 0. The van der Waals surface area contributed by atoms with Crippen molar-refractivity contribution in [3.8, 4) is 0 Å². The summed E-state index contributed by atoms with van der Waals surface area (Å²) in [6.45, 7) is 2.63. The number of piperazine rings is 1. The van der Waals surface area contributed by atoms with Crippen LogP contribution in [-0.2, 0) is 11.2 Å². The molecule has 100 valence electrons. The normalized spacial score (nSPS) is 19.8. The Kier molecular flexibility index (Phi) is 3.51. The van der Waals surface area contributed by atoms with Crippen LogP contribution in [0.1, 0.15) is 12.1 Å². The zero-order chi connectivity index (χ0) is 13.1. The average molecular weight is 257 g/mol. The second-order valence-corrected chi connectivity index (χ2v) is 5.12. The van der Waals surface area contributed by atoms with E-state index in [1.807, 2.05) is 11.0 Å². The van der Waals surface area contributed by atoms with Crippen LogP contribution in [0.2, 0.25) is 0 Å². The maximum atomic E-state index is 11.0. The van der Waals surface area contributed by atoms with Crippen LogP contribution in [0, 0.1) is 0 Å². The van der Waals surface area contributed by atoms with Crippen molar-refractivity contribution < 1.29 is 4.79 Å². The lowest BCUT2D eigenvalue weighted by Gasteiger charge is -2.33. The number of aromatic nitrogens is 1. The van der Waals surface area contributed by atoms with Gasteiger partial charge < -0.3 is 15.2 Å². The van der Waals surface area contributed by atoms with Crippen LogP contribution in [0.15, 0.2) is 30.3 Å². The molecule has 1 fully saturated rings. The number of nitrogens with zero attached hydrogens (tertiary/aromatic N) is 1. The molecule has 0 aliphatic carbocycles. The lowest BCUT2D eigenvalue weighted by atomic mass is 10.1. The van der Waals surface area contributed by atoms with E-state index in [4.69, 9.17) is 0 Å². The summed E-state index contributed by atoms with van der Waals surface area (Å²) >= 11 is 0. The molecule has 0 spiro atoms. The van der Waals surface area contributed by atoms with Gasteiger partial charge in [-0.25, -0.2) is 0 Å². The molecule has 1 aromatic heterocycles. The van der Waals surface area contributed by atoms with Crippen molar-refractivity contribution in [1.29, 1.82) is 0 Å². The first-order valence-corrected chi connectivity index (χ1v) is 6.85. The van der Waals surface area contributed by atoms with Crippen molar-refractivity contribution in [1.82, 2.24) is 15.2 Å². The van der Waals surface area contributed by atoms with Gasteiger partial charge in [0.05, 0.1) is 0 Å². The van der Waals surface area contributed by atoms with Gasteiger partial charge in [0.1, 0.15) is 0 Å². The molecule has 19 heavy (non-hydrogen) atoms. The van der Waals surface area contributed by atoms with E-state index in [2.05, 4.69) is 34.6 Å². The fourth-order valence-electron chi connectivity index (χ4n) is 2.77. The summed E-state index contributed by atoms with van der Waals surface area (Å²) < 4.78 is 0. The van der Waals surface area contributed by atoms with Crippen LogP contribution in [0.4, 0.5) is 0 Å². The quantitative estimate of drug-likeness (QED) is 0.816. The van der Waals surface area contributed by atoms with Crippen molar-refractivity contribution in [2.24, 2.45) is 0 Å². The number of aromatic amines is 1. The topological polar surface area (TPSA) is 48.1 Å². The first kappa shape index (κ1) is 12.2. The number of amides is 1. The molecule has 1 aromatic carbocycles. The highest BCUT2D eigenvalue weighted by atomic mass is 16.1. The van der Waals surface area contributed by atoms with E-state index in [1.165, 1.54) is 16.6 Å². The Bertz CT molecular complexity index is 530. The third kappa shape index (κ3) is 2.63. The van der Waals surface area contributed by atoms with Crippen molar-refractivity contribution in [3.63, 3.8) is 0 Å². The number of para-hydroxylation sites is 1. The Morgan fingerprint density at radius 3 is 3.11 bits per heavy atom. The van der Waals surface area contributed by atoms with E-state index in [0.717, 1.165) is 38.9 Å². The third-order valence-corrected chi connectivity index (χ3v) is 3.86. The number of nitrogens with one attached hydrogen (secondary N) is 2. The average Bonchev–Trinajstić information content (AvgIpc) is 2.88. The number of hydrogen-bond acceptors (Lipinski definition) is 2. The van der Waals surface area contributed by atoms with Crippen molar-refractivity contribution in [3.05, 3.63) is 36.0 Å². The van der Waals surface area contributed by atoms with E-state index in [1.54, 1.807) is 0 Å². The molecule has 4 heteroatoms. The smallest absolute Gasteiger partial charge is 0.210 e. The molecule has 1 amide bonds. The van der Waals surface area contributed by atoms with E-state index in [-0.39, 0.29) is 0 Å². The van der Waals surface area contributed by atoms with Crippen molar-refractivity contribution in [2.45, 2.75) is 18.9 Å². The van der Waals surface area contributed by atoms with Crippen molar-refractivity contribution >= 4 is 17.3 Å². The second-order valence-electron chi connectivity index (χ2n) is 5.12. The van der Waals surface area contributed by atoms with Crippen LogP contribution >= 0.6 is 0 Å². The molecule has 0 saturated carbocycles. The van der Waals surface area contributed by atoms with Crippen molar-refractivity contribution in [2.75, 3.05) is 19.6 Å². The highest BCUT2D eigenvalue weighted by Crippen LogP contribution is 2.17. The molecule has 3 rings (SSSR count). The Hall–Kier alpha value is -1.81. The minimum atomic E-state index is 0.317. The molecular formula is C15H19N3O. The number of aryl methyl sites for hydroxylation is 1. The van der Waals surface area contributed by atoms with Crippen LogP contribution in [0.3, 0.4) is 0 Å². The minimum absolute atomic E-state index is 0.317. The molecule has 1 aliphatic heterocycles. The fourth-order valence-corrected chi connectivity index (χ4v) is 2.77. The largest absolute Gasteiger partial charge is 0.358 e. The Balaban J connectivity index is 1.66. The number of rotatable bonds is 4. The van der Waals surface area contributed by atoms with Gasteiger partial charge >= 0.3 is 0 Å². The van der Waals surface area contributed by atoms with Gasteiger partial charge in [0, 0.05) is 36.9 Å². The highest BCUT2D eigenvalue weighted by Gasteiger charge is 2.20. The number of carbonyl (C=O) groups excluding carboxylic acids is 1. The number of H-pyrrole nitrogens is 1. The predicted molar refractivity (Wildman–Crippen MR) is 76.0 cm³/mol.